The van der Waals surface area contributed by atoms with Gasteiger partial charge < -0.3 is 9.67 Å². The molecule has 0 atom stereocenters. The number of rotatable bonds is 6. The molecule has 1 N–H and O–H groups in total. The minimum Gasteiger partial charge on any atom is -0.478 e. The molecule has 28 heavy (non-hydrogen) atoms. The number of hydrogen-bond donors (Lipinski definition) is 1. The summed E-state index contributed by atoms with van der Waals surface area (Å²) in [6, 6.07) is 22.2. The number of aromatic nitrogens is 2. The maximum absolute atomic E-state index is 10.9. The lowest BCUT2D eigenvalue weighted by molar-refractivity contribution is -0.131. The van der Waals surface area contributed by atoms with Crippen molar-refractivity contribution in [3.05, 3.63) is 102 Å². The Bertz CT molecular complexity index is 1130. The van der Waals surface area contributed by atoms with E-state index in [1.54, 1.807) is 6.08 Å². The van der Waals surface area contributed by atoms with E-state index in [1.165, 1.54) is 11.6 Å². The number of carbonyl (C=O) groups is 1. The summed E-state index contributed by atoms with van der Waals surface area (Å²) in [5.74, 6) is -0.947. The fourth-order valence-electron chi connectivity index (χ4n) is 3.40. The molecule has 138 valence electrons. The molecule has 0 spiro atoms. The number of benzene rings is 2. The van der Waals surface area contributed by atoms with Crippen LogP contribution < -0.4 is 0 Å². The van der Waals surface area contributed by atoms with Gasteiger partial charge in [0.2, 0.25) is 0 Å². The molecule has 0 unspecified atom stereocenters. The molecule has 0 saturated heterocycles. The number of aliphatic carboxylic acids is 1. The number of para-hydroxylation sites is 1. The van der Waals surface area contributed by atoms with E-state index in [1.807, 2.05) is 54.7 Å². The van der Waals surface area contributed by atoms with Crippen LogP contribution in [0.15, 0.2) is 85.2 Å². The number of aryl methyl sites for hydroxylation is 2. The van der Waals surface area contributed by atoms with E-state index in [0.29, 0.717) is 0 Å². The Morgan fingerprint density at radius 2 is 1.82 bits per heavy atom. The molecule has 2 aromatic heterocycles. The van der Waals surface area contributed by atoms with E-state index < -0.39 is 5.97 Å². The number of pyridine rings is 1. The predicted molar refractivity (Wildman–Crippen MR) is 112 cm³/mol. The van der Waals surface area contributed by atoms with Gasteiger partial charge >= 0.3 is 5.97 Å². The Labute approximate surface area is 163 Å². The highest BCUT2D eigenvalue weighted by Gasteiger charge is 2.11. The Hall–Kier alpha value is -3.66. The summed E-state index contributed by atoms with van der Waals surface area (Å²) in [4.78, 5) is 15.3. The second-order valence-corrected chi connectivity index (χ2v) is 6.63. The van der Waals surface area contributed by atoms with Crippen LogP contribution in [0.25, 0.3) is 22.7 Å². The fourth-order valence-corrected chi connectivity index (χ4v) is 3.40. The number of carboxylic acid groups (broad SMARTS) is 1. The zero-order valence-electron chi connectivity index (χ0n) is 15.3. The molecule has 0 bridgehead atoms. The molecule has 2 aromatic carbocycles. The molecule has 0 aliphatic heterocycles. The van der Waals surface area contributed by atoms with Gasteiger partial charge in [-0.3, -0.25) is 4.98 Å². The molecule has 4 aromatic rings. The van der Waals surface area contributed by atoms with Crippen molar-refractivity contribution in [1.29, 1.82) is 0 Å². The maximum Gasteiger partial charge on any atom is 0.328 e. The average molecular weight is 368 g/mol. The maximum atomic E-state index is 10.9. The van der Waals surface area contributed by atoms with Gasteiger partial charge in [-0.15, -0.1) is 0 Å². The van der Waals surface area contributed by atoms with Crippen LogP contribution in [0.1, 0.15) is 16.8 Å². The van der Waals surface area contributed by atoms with Crippen LogP contribution in [-0.4, -0.2) is 20.6 Å². The molecule has 0 aliphatic rings. The summed E-state index contributed by atoms with van der Waals surface area (Å²) >= 11 is 0. The lowest BCUT2D eigenvalue weighted by Gasteiger charge is -2.05. The Balaban J connectivity index is 1.76. The van der Waals surface area contributed by atoms with Crippen LogP contribution in [0.4, 0.5) is 0 Å². The summed E-state index contributed by atoms with van der Waals surface area (Å²) in [7, 11) is 0. The van der Waals surface area contributed by atoms with Crippen LogP contribution in [0.3, 0.4) is 0 Å². The van der Waals surface area contributed by atoms with E-state index in [2.05, 4.69) is 33.9 Å². The molecule has 2 heterocycles. The van der Waals surface area contributed by atoms with Gasteiger partial charge in [0.1, 0.15) is 0 Å². The van der Waals surface area contributed by atoms with Gasteiger partial charge in [0, 0.05) is 35.2 Å². The average Bonchev–Trinajstić information content (AvgIpc) is 3.10. The SMILES string of the molecule is O=C(O)C=Cc1ccc2c(c1)c(CCc1ccccn1)cn2-c1ccccc1. The molecule has 0 aliphatic carbocycles. The predicted octanol–water partition coefficient (Wildman–Crippen LogP) is 4.91. The van der Waals surface area contributed by atoms with Gasteiger partial charge in [0.15, 0.2) is 0 Å². The first-order chi connectivity index (χ1) is 13.7. The molecule has 4 nitrogen and oxygen atoms in total. The molecule has 4 heteroatoms. The van der Waals surface area contributed by atoms with E-state index in [9.17, 15) is 4.79 Å². The molecule has 0 amide bonds. The quantitative estimate of drug-likeness (QED) is 0.492. The summed E-state index contributed by atoms with van der Waals surface area (Å²) in [6.07, 6.45) is 8.50. The van der Waals surface area contributed by atoms with Crippen LogP contribution in [0.2, 0.25) is 0 Å². The molecule has 4 rings (SSSR count). The van der Waals surface area contributed by atoms with Crippen LogP contribution in [-0.2, 0) is 17.6 Å². The van der Waals surface area contributed by atoms with E-state index in [-0.39, 0.29) is 0 Å². The molecular formula is C24H20N2O2. The molecule has 0 saturated carbocycles. The molecule has 0 radical (unpaired) electrons. The highest BCUT2D eigenvalue weighted by Crippen LogP contribution is 2.27. The number of carboxylic acids is 1. The van der Waals surface area contributed by atoms with Crippen LogP contribution in [0, 0.1) is 0 Å². The second kappa shape index (κ2) is 7.92. The Morgan fingerprint density at radius 3 is 2.57 bits per heavy atom. The van der Waals surface area contributed by atoms with Crippen molar-refractivity contribution in [3.63, 3.8) is 0 Å². The third-order valence-corrected chi connectivity index (χ3v) is 4.74. The zero-order valence-corrected chi connectivity index (χ0v) is 15.3. The van der Waals surface area contributed by atoms with Crippen LogP contribution in [0.5, 0.6) is 0 Å². The van der Waals surface area contributed by atoms with Crippen LogP contribution >= 0.6 is 0 Å². The monoisotopic (exact) mass is 368 g/mol. The van der Waals surface area contributed by atoms with Gasteiger partial charge in [-0.1, -0.05) is 30.3 Å². The van der Waals surface area contributed by atoms with Crippen molar-refractivity contribution < 1.29 is 9.90 Å². The first kappa shape index (κ1) is 17.7. The van der Waals surface area contributed by atoms with E-state index >= 15 is 0 Å². The standard InChI is InChI=1S/C24H20N2O2/c27-24(28)14-10-18-9-13-23-22(16-18)19(11-12-20-6-4-5-15-25-20)17-26(23)21-7-2-1-3-8-21/h1-10,13-17H,11-12H2,(H,27,28). The smallest absolute Gasteiger partial charge is 0.328 e. The summed E-state index contributed by atoms with van der Waals surface area (Å²) in [6.45, 7) is 0. The second-order valence-electron chi connectivity index (χ2n) is 6.63. The topological polar surface area (TPSA) is 55.1 Å². The van der Waals surface area contributed by atoms with Gasteiger partial charge in [-0.25, -0.2) is 4.79 Å². The number of nitrogens with zero attached hydrogens (tertiary/aromatic N) is 2. The zero-order chi connectivity index (χ0) is 19.3. The third-order valence-electron chi connectivity index (χ3n) is 4.74. The highest BCUT2D eigenvalue weighted by molar-refractivity contribution is 5.90. The van der Waals surface area contributed by atoms with Crippen molar-refractivity contribution in [2.75, 3.05) is 0 Å². The summed E-state index contributed by atoms with van der Waals surface area (Å²) in [5.41, 5.74) is 5.36. The van der Waals surface area contributed by atoms with E-state index in [4.69, 9.17) is 5.11 Å². The van der Waals surface area contributed by atoms with Gasteiger partial charge in [0.05, 0.1) is 5.52 Å². The lowest BCUT2D eigenvalue weighted by Crippen LogP contribution is -1.93. The first-order valence-electron chi connectivity index (χ1n) is 9.21. The largest absolute Gasteiger partial charge is 0.478 e. The van der Waals surface area contributed by atoms with Gasteiger partial charge in [-0.2, -0.15) is 0 Å². The summed E-state index contributed by atoms with van der Waals surface area (Å²) < 4.78 is 2.19. The minimum atomic E-state index is -0.947. The van der Waals surface area contributed by atoms with Crippen molar-refractivity contribution in [3.8, 4) is 5.69 Å². The van der Waals surface area contributed by atoms with Crippen molar-refractivity contribution >= 4 is 22.9 Å². The fraction of sp³-hybridized carbons (Fsp3) is 0.0833. The normalized spacial score (nSPS) is 11.3. The molecular weight excluding hydrogens is 348 g/mol. The van der Waals surface area contributed by atoms with E-state index in [0.717, 1.165) is 40.7 Å². The van der Waals surface area contributed by atoms with Gasteiger partial charge in [-0.05, 0) is 66.4 Å². The van der Waals surface area contributed by atoms with Crippen molar-refractivity contribution in [1.82, 2.24) is 9.55 Å². The summed E-state index contributed by atoms with van der Waals surface area (Å²) in [5, 5.41) is 10.0. The Morgan fingerprint density at radius 1 is 1.00 bits per heavy atom. The minimum absolute atomic E-state index is 0.851. The van der Waals surface area contributed by atoms with Gasteiger partial charge in [0.25, 0.3) is 0 Å². The number of hydrogen-bond acceptors (Lipinski definition) is 2. The first-order valence-corrected chi connectivity index (χ1v) is 9.21. The van der Waals surface area contributed by atoms with Crippen molar-refractivity contribution in [2.24, 2.45) is 0 Å². The Kier molecular flexibility index (Phi) is 5.02. The lowest BCUT2D eigenvalue weighted by atomic mass is 10.0. The number of fused-ring (bicyclic) bond motifs is 1. The third kappa shape index (κ3) is 3.86. The highest BCUT2D eigenvalue weighted by atomic mass is 16.4. The molecule has 0 fully saturated rings. The van der Waals surface area contributed by atoms with Crippen molar-refractivity contribution in [2.45, 2.75) is 12.8 Å².